The summed E-state index contributed by atoms with van der Waals surface area (Å²) in [4.78, 5) is 16.6. The normalized spacial score (nSPS) is 17.5. The number of benzene rings is 2. The van der Waals surface area contributed by atoms with Gasteiger partial charge in [0.1, 0.15) is 11.5 Å². The number of allylic oxidation sites excluding steroid dienone is 4. The van der Waals surface area contributed by atoms with Crippen LogP contribution in [0.4, 0.5) is 0 Å². The molecule has 1 N–H and O–H groups in total. The number of aryl methyl sites for hydroxylation is 2. The van der Waals surface area contributed by atoms with Gasteiger partial charge in [0.2, 0.25) is 5.89 Å². The zero-order chi connectivity index (χ0) is 25.1. The number of aliphatic carboxylic acids is 1. The molecular weight excluding hydrogens is 450 g/mol. The van der Waals surface area contributed by atoms with Crippen molar-refractivity contribution in [2.75, 3.05) is 6.61 Å². The largest absolute Gasteiger partial charge is 0.493 e. The fraction of sp³-hybridized carbons (Fsp3) is 0.355. The maximum absolute atomic E-state index is 11.9. The highest BCUT2D eigenvalue weighted by atomic mass is 16.5. The average Bonchev–Trinajstić information content (AvgIpc) is 3.48. The summed E-state index contributed by atoms with van der Waals surface area (Å²) in [6.45, 7) is 4.40. The lowest BCUT2D eigenvalue weighted by atomic mass is 9.84. The van der Waals surface area contributed by atoms with Gasteiger partial charge in [-0.3, -0.25) is 4.79 Å². The SMILES string of the molecule is CCC(C(=O)O)C1CCc2cc(OCCc3nc(C4=CCCC=C4)oc3C)c(-c3ccccc3)cc21. The zero-order valence-electron chi connectivity index (χ0n) is 21.0. The van der Waals surface area contributed by atoms with E-state index in [1.807, 2.05) is 32.0 Å². The fourth-order valence-electron chi connectivity index (χ4n) is 5.49. The molecular formula is C31H33NO4. The third kappa shape index (κ3) is 4.88. The maximum atomic E-state index is 11.9. The second-order valence-corrected chi connectivity index (χ2v) is 9.67. The van der Waals surface area contributed by atoms with Crippen LogP contribution in [0.3, 0.4) is 0 Å². The van der Waals surface area contributed by atoms with E-state index in [2.05, 4.69) is 42.5 Å². The third-order valence-electron chi connectivity index (χ3n) is 7.42. The van der Waals surface area contributed by atoms with E-state index in [-0.39, 0.29) is 11.8 Å². The van der Waals surface area contributed by atoms with E-state index < -0.39 is 5.97 Å². The molecule has 186 valence electrons. The number of oxazole rings is 1. The van der Waals surface area contributed by atoms with Gasteiger partial charge in [0.15, 0.2) is 0 Å². The minimum atomic E-state index is -0.709. The van der Waals surface area contributed by atoms with Crippen LogP contribution in [0.1, 0.15) is 67.0 Å². The molecule has 1 aromatic heterocycles. The Morgan fingerprint density at radius 1 is 1.22 bits per heavy atom. The first-order valence-electron chi connectivity index (χ1n) is 13.0. The van der Waals surface area contributed by atoms with Crippen molar-refractivity contribution in [3.05, 3.63) is 89.2 Å². The van der Waals surface area contributed by atoms with E-state index in [0.717, 1.165) is 65.2 Å². The number of fused-ring (bicyclic) bond motifs is 1. The van der Waals surface area contributed by atoms with Gasteiger partial charge in [0.05, 0.1) is 18.2 Å². The van der Waals surface area contributed by atoms with Crippen LogP contribution in [0.2, 0.25) is 0 Å². The molecule has 0 fully saturated rings. The van der Waals surface area contributed by atoms with Crippen LogP contribution in [0, 0.1) is 12.8 Å². The molecule has 2 aromatic carbocycles. The van der Waals surface area contributed by atoms with Crippen LogP contribution < -0.4 is 4.74 Å². The number of rotatable bonds is 9. The van der Waals surface area contributed by atoms with E-state index in [0.29, 0.717) is 25.3 Å². The van der Waals surface area contributed by atoms with Crippen LogP contribution in [0.5, 0.6) is 5.75 Å². The lowest BCUT2D eigenvalue weighted by Crippen LogP contribution is -2.20. The van der Waals surface area contributed by atoms with Crippen molar-refractivity contribution in [1.29, 1.82) is 0 Å². The van der Waals surface area contributed by atoms with Crippen molar-refractivity contribution in [1.82, 2.24) is 4.98 Å². The van der Waals surface area contributed by atoms with E-state index in [1.54, 1.807) is 0 Å². The summed E-state index contributed by atoms with van der Waals surface area (Å²) in [5, 5.41) is 9.79. The molecule has 2 unspecified atom stereocenters. The molecule has 0 aliphatic heterocycles. The third-order valence-corrected chi connectivity index (χ3v) is 7.42. The number of carboxylic acid groups (broad SMARTS) is 1. The standard InChI is InChI=1S/C31H33NO4/c1-3-24(31(33)34)25-15-14-23-18-29(27(19-26(23)25)21-10-6-4-7-11-21)35-17-16-28-20(2)36-30(32-28)22-12-8-5-9-13-22/h4,6-8,10-13,18-19,24-25H,3,5,9,14-17H2,1-2H3,(H,33,34). The van der Waals surface area contributed by atoms with Crippen molar-refractivity contribution >= 4 is 11.5 Å². The van der Waals surface area contributed by atoms with E-state index >= 15 is 0 Å². The highest BCUT2D eigenvalue weighted by Gasteiger charge is 2.34. The summed E-state index contributed by atoms with van der Waals surface area (Å²) in [5.74, 6) is 1.31. The van der Waals surface area contributed by atoms with Gasteiger partial charge in [-0.15, -0.1) is 0 Å². The maximum Gasteiger partial charge on any atom is 0.307 e. The first kappa shape index (κ1) is 24.1. The minimum absolute atomic E-state index is 0.0401. The van der Waals surface area contributed by atoms with Gasteiger partial charge in [-0.2, -0.15) is 0 Å². The number of hydrogen-bond acceptors (Lipinski definition) is 4. The summed E-state index contributed by atoms with van der Waals surface area (Å²) in [6, 6.07) is 14.5. The number of nitrogens with zero attached hydrogens (tertiary/aromatic N) is 1. The molecule has 5 heteroatoms. The Labute approximate surface area is 212 Å². The lowest BCUT2D eigenvalue weighted by molar-refractivity contribution is -0.142. The van der Waals surface area contributed by atoms with Crippen LogP contribution in [-0.2, 0) is 17.6 Å². The van der Waals surface area contributed by atoms with Crippen LogP contribution in [0.25, 0.3) is 16.7 Å². The minimum Gasteiger partial charge on any atom is -0.493 e. The highest BCUT2D eigenvalue weighted by molar-refractivity contribution is 5.75. The van der Waals surface area contributed by atoms with Crippen molar-refractivity contribution in [3.63, 3.8) is 0 Å². The molecule has 5 rings (SSSR count). The molecule has 0 saturated carbocycles. The van der Waals surface area contributed by atoms with Gasteiger partial charge in [0.25, 0.3) is 0 Å². The Balaban J connectivity index is 1.39. The molecule has 2 aliphatic carbocycles. The second-order valence-electron chi connectivity index (χ2n) is 9.67. The lowest BCUT2D eigenvalue weighted by Gasteiger charge is -2.21. The number of ether oxygens (including phenoxy) is 1. The van der Waals surface area contributed by atoms with E-state index in [1.165, 1.54) is 5.56 Å². The van der Waals surface area contributed by atoms with Gasteiger partial charge < -0.3 is 14.3 Å². The summed E-state index contributed by atoms with van der Waals surface area (Å²) in [7, 11) is 0. The highest BCUT2D eigenvalue weighted by Crippen LogP contribution is 2.45. The smallest absolute Gasteiger partial charge is 0.307 e. The first-order chi connectivity index (χ1) is 17.5. The van der Waals surface area contributed by atoms with Crippen LogP contribution >= 0.6 is 0 Å². The van der Waals surface area contributed by atoms with Crippen LogP contribution in [0.15, 0.2) is 65.1 Å². The molecule has 0 radical (unpaired) electrons. The predicted octanol–water partition coefficient (Wildman–Crippen LogP) is 7.15. The molecule has 2 aliphatic rings. The predicted molar refractivity (Wildman–Crippen MR) is 141 cm³/mol. The first-order valence-corrected chi connectivity index (χ1v) is 13.0. The number of aromatic nitrogens is 1. The quantitative estimate of drug-likeness (QED) is 0.350. The topological polar surface area (TPSA) is 72.6 Å². The summed E-state index contributed by atoms with van der Waals surface area (Å²) >= 11 is 0. The van der Waals surface area contributed by atoms with Crippen molar-refractivity contribution in [3.8, 4) is 16.9 Å². The summed E-state index contributed by atoms with van der Waals surface area (Å²) in [6.07, 6.45) is 11.5. The Bertz CT molecular complexity index is 1300. The fourth-order valence-corrected chi connectivity index (χ4v) is 5.49. The van der Waals surface area contributed by atoms with Crippen molar-refractivity contribution in [2.24, 2.45) is 5.92 Å². The zero-order valence-corrected chi connectivity index (χ0v) is 21.0. The molecule has 3 aromatic rings. The Morgan fingerprint density at radius 2 is 2.06 bits per heavy atom. The Morgan fingerprint density at radius 3 is 2.78 bits per heavy atom. The molecule has 0 bridgehead atoms. The molecule has 0 saturated heterocycles. The molecule has 36 heavy (non-hydrogen) atoms. The molecule has 2 atom stereocenters. The van der Waals surface area contributed by atoms with E-state index in [9.17, 15) is 9.90 Å². The number of carboxylic acids is 1. The average molecular weight is 484 g/mol. The Hall–Kier alpha value is -3.60. The van der Waals surface area contributed by atoms with Crippen LogP contribution in [-0.4, -0.2) is 22.7 Å². The molecule has 0 spiro atoms. The monoisotopic (exact) mass is 483 g/mol. The van der Waals surface area contributed by atoms with E-state index in [4.69, 9.17) is 14.1 Å². The Kier molecular flexibility index (Phi) is 7.08. The van der Waals surface area contributed by atoms with Crippen molar-refractivity contribution in [2.45, 2.75) is 58.3 Å². The number of hydrogen-bond donors (Lipinski definition) is 1. The number of carbonyl (C=O) groups is 1. The van der Waals surface area contributed by atoms with Gasteiger partial charge in [0, 0.05) is 17.6 Å². The molecule has 5 nitrogen and oxygen atoms in total. The van der Waals surface area contributed by atoms with Gasteiger partial charge >= 0.3 is 5.97 Å². The van der Waals surface area contributed by atoms with Gasteiger partial charge in [-0.25, -0.2) is 4.98 Å². The second kappa shape index (κ2) is 10.6. The van der Waals surface area contributed by atoms with Gasteiger partial charge in [-0.1, -0.05) is 55.5 Å². The molecule has 0 amide bonds. The van der Waals surface area contributed by atoms with Crippen molar-refractivity contribution < 1.29 is 19.1 Å². The molecule has 1 heterocycles. The summed E-state index contributed by atoms with van der Waals surface area (Å²) in [5.41, 5.74) is 6.39. The van der Waals surface area contributed by atoms with Gasteiger partial charge in [-0.05, 0) is 73.8 Å². The summed E-state index contributed by atoms with van der Waals surface area (Å²) < 4.78 is 12.3.